The van der Waals surface area contributed by atoms with Crippen LogP contribution in [0.4, 0.5) is 4.39 Å². The average molecular weight is 453 g/mol. The number of carboxylic acid groups (broad SMARTS) is 1. The van der Waals surface area contributed by atoms with Crippen molar-refractivity contribution >= 4 is 38.5 Å². The van der Waals surface area contributed by atoms with Gasteiger partial charge in [0.2, 0.25) is 15.5 Å². The summed E-state index contributed by atoms with van der Waals surface area (Å²) in [6, 6.07) is 8.85. The lowest BCUT2D eigenvalue weighted by Gasteiger charge is -2.16. The molecule has 0 unspecified atom stereocenters. The van der Waals surface area contributed by atoms with Crippen molar-refractivity contribution in [2.45, 2.75) is 12.3 Å². The number of benzene rings is 2. The quantitative estimate of drug-likeness (QED) is 0.620. The number of fused-ring (bicyclic) bond motifs is 1. The Morgan fingerprint density at radius 1 is 1.23 bits per heavy atom. The first kappa shape index (κ1) is 21.9. The van der Waals surface area contributed by atoms with Gasteiger partial charge in [0.05, 0.1) is 5.52 Å². The molecule has 0 spiro atoms. The van der Waals surface area contributed by atoms with Crippen LogP contribution in [0.15, 0.2) is 47.4 Å². The molecule has 0 atom stereocenters. The van der Waals surface area contributed by atoms with Gasteiger partial charge in [-0.25, -0.2) is 21.9 Å². The van der Waals surface area contributed by atoms with Gasteiger partial charge in [-0.1, -0.05) is 23.7 Å². The topological polar surface area (TPSA) is 96.7 Å². The smallest absolute Gasteiger partial charge is 0.341 e. The summed E-state index contributed by atoms with van der Waals surface area (Å²) in [5.41, 5.74) is -0.298. The minimum Gasteiger partial charge on any atom is -0.477 e. The molecule has 7 nitrogen and oxygen atoms in total. The highest BCUT2D eigenvalue weighted by atomic mass is 35.5. The molecule has 1 heterocycles. The van der Waals surface area contributed by atoms with Crippen LogP contribution in [-0.4, -0.2) is 42.5 Å². The SMILES string of the molecule is CN(C)S(=O)(=O)Cn1cc(C(=O)O)c(=O)c2cc(Cc3c(F)cccc3Cl)ccc21. The van der Waals surface area contributed by atoms with Crippen LogP contribution in [0.25, 0.3) is 10.9 Å². The number of sulfonamides is 1. The van der Waals surface area contributed by atoms with Gasteiger partial charge in [0, 0.05) is 42.7 Å². The Bertz CT molecular complexity index is 1300. The largest absolute Gasteiger partial charge is 0.477 e. The second kappa shape index (κ2) is 8.17. The number of nitrogens with zero attached hydrogens (tertiary/aromatic N) is 2. The van der Waals surface area contributed by atoms with E-state index in [4.69, 9.17) is 11.6 Å². The Morgan fingerprint density at radius 3 is 2.53 bits per heavy atom. The molecule has 3 rings (SSSR count). The predicted molar refractivity (Wildman–Crippen MR) is 112 cm³/mol. The van der Waals surface area contributed by atoms with E-state index in [0.29, 0.717) is 5.56 Å². The van der Waals surface area contributed by atoms with E-state index in [2.05, 4.69) is 0 Å². The van der Waals surface area contributed by atoms with Gasteiger partial charge in [-0.15, -0.1) is 0 Å². The standard InChI is InChI=1S/C20H18ClFN2O5S/c1-23(2)30(28,29)11-24-10-15(20(26)27)19(25)14-9-12(6-7-18(14)24)8-13-16(21)4-3-5-17(13)22/h3-7,9-10H,8,11H2,1-2H3,(H,26,27). The lowest BCUT2D eigenvalue weighted by atomic mass is 10.0. The molecule has 10 heteroatoms. The van der Waals surface area contributed by atoms with Crippen LogP contribution in [0, 0.1) is 5.82 Å². The summed E-state index contributed by atoms with van der Waals surface area (Å²) in [6.07, 6.45) is 1.09. The van der Waals surface area contributed by atoms with Crippen molar-refractivity contribution in [3.05, 3.63) is 80.3 Å². The molecule has 0 saturated heterocycles. The summed E-state index contributed by atoms with van der Waals surface area (Å²) in [7, 11) is -1.02. The van der Waals surface area contributed by atoms with Crippen molar-refractivity contribution in [2.24, 2.45) is 0 Å². The van der Waals surface area contributed by atoms with Crippen molar-refractivity contribution in [3.63, 3.8) is 0 Å². The van der Waals surface area contributed by atoms with Crippen molar-refractivity contribution < 1.29 is 22.7 Å². The summed E-state index contributed by atoms with van der Waals surface area (Å²) in [4.78, 5) is 24.2. The third kappa shape index (κ3) is 4.23. The van der Waals surface area contributed by atoms with Crippen LogP contribution in [-0.2, 0) is 22.3 Å². The number of aromatic nitrogens is 1. The Kier molecular flexibility index (Phi) is 5.98. The van der Waals surface area contributed by atoms with Crippen LogP contribution in [0.2, 0.25) is 5.02 Å². The molecular weight excluding hydrogens is 435 g/mol. The van der Waals surface area contributed by atoms with E-state index in [0.717, 1.165) is 10.5 Å². The number of carboxylic acids is 1. The summed E-state index contributed by atoms with van der Waals surface area (Å²) in [5.74, 6) is -2.52. The maximum atomic E-state index is 14.1. The Hall–Kier alpha value is -2.75. The monoisotopic (exact) mass is 452 g/mol. The van der Waals surface area contributed by atoms with Crippen LogP contribution >= 0.6 is 11.6 Å². The molecule has 2 aromatic carbocycles. The fourth-order valence-corrected chi connectivity index (χ4v) is 4.04. The highest BCUT2D eigenvalue weighted by Gasteiger charge is 2.20. The maximum Gasteiger partial charge on any atom is 0.341 e. The second-order valence-electron chi connectivity index (χ2n) is 6.90. The molecule has 0 amide bonds. The van der Waals surface area contributed by atoms with E-state index < -0.39 is 38.7 Å². The summed E-state index contributed by atoms with van der Waals surface area (Å²) in [6.45, 7) is 0. The van der Waals surface area contributed by atoms with Gasteiger partial charge < -0.3 is 9.67 Å². The fourth-order valence-electron chi connectivity index (χ4n) is 3.01. The van der Waals surface area contributed by atoms with E-state index in [1.54, 1.807) is 12.1 Å². The minimum atomic E-state index is -3.73. The predicted octanol–water partition coefficient (Wildman–Crippen LogP) is 2.93. The van der Waals surface area contributed by atoms with Crippen LogP contribution in [0.1, 0.15) is 21.5 Å². The zero-order valence-corrected chi connectivity index (χ0v) is 17.7. The number of carbonyl (C=O) groups is 1. The zero-order chi connectivity index (χ0) is 22.2. The van der Waals surface area contributed by atoms with E-state index in [9.17, 15) is 27.5 Å². The van der Waals surface area contributed by atoms with Gasteiger partial charge in [0.1, 0.15) is 17.3 Å². The van der Waals surface area contributed by atoms with E-state index in [1.165, 1.54) is 42.9 Å². The molecule has 0 aliphatic rings. The van der Waals surface area contributed by atoms with Gasteiger partial charge >= 0.3 is 5.97 Å². The van der Waals surface area contributed by atoms with Crippen molar-refractivity contribution in [1.29, 1.82) is 0 Å². The summed E-state index contributed by atoms with van der Waals surface area (Å²) >= 11 is 6.07. The molecule has 0 aliphatic heterocycles. The normalized spacial score (nSPS) is 11.9. The van der Waals surface area contributed by atoms with Crippen molar-refractivity contribution in [3.8, 4) is 0 Å². The Balaban J connectivity index is 2.20. The Morgan fingerprint density at radius 2 is 1.93 bits per heavy atom. The second-order valence-corrected chi connectivity index (χ2v) is 9.46. The molecule has 0 saturated carbocycles. The molecule has 1 N–H and O–H groups in total. The first-order valence-electron chi connectivity index (χ1n) is 8.73. The van der Waals surface area contributed by atoms with E-state index >= 15 is 0 Å². The molecule has 1 aromatic heterocycles. The highest BCUT2D eigenvalue weighted by molar-refractivity contribution is 7.88. The lowest BCUT2D eigenvalue weighted by molar-refractivity contribution is 0.0695. The molecular formula is C20H18ClFN2O5S. The fraction of sp³-hybridized carbons (Fsp3) is 0.200. The minimum absolute atomic E-state index is 0.0221. The first-order chi connectivity index (χ1) is 14.0. The number of hydrogen-bond donors (Lipinski definition) is 1. The highest BCUT2D eigenvalue weighted by Crippen LogP contribution is 2.24. The molecule has 0 aliphatic carbocycles. The van der Waals surface area contributed by atoms with Crippen LogP contribution < -0.4 is 5.43 Å². The number of aromatic carboxylic acids is 1. The molecule has 3 aromatic rings. The van der Waals surface area contributed by atoms with Gasteiger partial charge in [-0.3, -0.25) is 4.79 Å². The average Bonchev–Trinajstić information content (AvgIpc) is 2.66. The number of halogens is 2. The number of hydrogen-bond acceptors (Lipinski definition) is 4. The molecule has 0 fully saturated rings. The Labute approximate surface area is 177 Å². The van der Waals surface area contributed by atoms with Gasteiger partial charge in [-0.05, 0) is 29.8 Å². The first-order valence-corrected chi connectivity index (χ1v) is 10.7. The maximum absolute atomic E-state index is 14.1. The summed E-state index contributed by atoms with van der Waals surface area (Å²) < 4.78 is 41.0. The molecule has 0 bridgehead atoms. The zero-order valence-electron chi connectivity index (χ0n) is 16.1. The van der Waals surface area contributed by atoms with E-state index in [1.807, 2.05) is 0 Å². The molecule has 0 radical (unpaired) electrons. The third-order valence-corrected chi connectivity index (χ3v) is 6.75. The molecule has 30 heavy (non-hydrogen) atoms. The lowest BCUT2D eigenvalue weighted by Crippen LogP contribution is -2.28. The summed E-state index contributed by atoms with van der Waals surface area (Å²) in [5, 5.41) is 9.64. The number of rotatable bonds is 6. The van der Waals surface area contributed by atoms with Gasteiger partial charge in [0.25, 0.3) is 0 Å². The van der Waals surface area contributed by atoms with Crippen LogP contribution in [0.5, 0.6) is 0 Å². The van der Waals surface area contributed by atoms with Gasteiger partial charge in [-0.2, -0.15) is 0 Å². The van der Waals surface area contributed by atoms with Crippen molar-refractivity contribution in [1.82, 2.24) is 8.87 Å². The van der Waals surface area contributed by atoms with Gasteiger partial charge in [0.15, 0.2) is 0 Å². The van der Waals surface area contributed by atoms with E-state index in [-0.39, 0.29) is 27.9 Å². The third-order valence-electron chi connectivity index (χ3n) is 4.68. The van der Waals surface area contributed by atoms with Crippen molar-refractivity contribution in [2.75, 3.05) is 14.1 Å². The van der Waals surface area contributed by atoms with Crippen LogP contribution in [0.3, 0.4) is 0 Å². The number of pyridine rings is 1. The molecule has 158 valence electrons.